The molecule has 0 bridgehead atoms. The largest absolute Gasteiger partial charge is 0.385 e. The van der Waals surface area contributed by atoms with E-state index in [2.05, 4.69) is 60.5 Å². The van der Waals surface area contributed by atoms with Crippen molar-refractivity contribution < 1.29 is 75.8 Å². The quantitative estimate of drug-likeness (QED) is 0.0476. The van der Waals surface area contributed by atoms with Crippen LogP contribution in [-0.2, 0) is 75.8 Å². The van der Waals surface area contributed by atoms with Crippen LogP contribution in [0.2, 0.25) is 0 Å². The molecule has 0 N–H and O–H groups in total. The van der Waals surface area contributed by atoms with Crippen LogP contribution in [0.15, 0.2) is 30.3 Å². The van der Waals surface area contributed by atoms with Crippen LogP contribution in [0.5, 0.6) is 0 Å². The first-order valence-corrected chi connectivity index (χ1v) is 25.5. The predicted molar refractivity (Wildman–Crippen MR) is 281 cm³/mol. The van der Waals surface area contributed by atoms with E-state index in [1.165, 1.54) is 21.3 Å². The van der Waals surface area contributed by atoms with Gasteiger partial charge in [0.1, 0.15) is 0 Å². The zero-order valence-corrected chi connectivity index (χ0v) is 48.7. The topological polar surface area (TPSA) is 148 Å². The lowest BCUT2D eigenvalue weighted by Crippen LogP contribution is -2.38. The highest BCUT2D eigenvalue weighted by Crippen LogP contribution is 2.21. The van der Waals surface area contributed by atoms with E-state index in [4.69, 9.17) is 56.8 Å². The van der Waals surface area contributed by atoms with E-state index >= 15 is 0 Å². The van der Waals surface area contributed by atoms with Gasteiger partial charge >= 0.3 is 0 Å². The summed E-state index contributed by atoms with van der Waals surface area (Å²) in [5, 5.41) is 0. The minimum Gasteiger partial charge on any atom is -0.385 e. The van der Waals surface area contributed by atoms with Crippen LogP contribution in [0.4, 0.5) is 0 Å². The van der Waals surface area contributed by atoms with E-state index in [1.54, 1.807) is 35.5 Å². The van der Waals surface area contributed by atoms with Crippen molar-refractivity contribution in [3.8, 4) is 0 Å². The van der Waals surface area contributed by atoms with Crippen molar-refractivity contribution >= 4 is 0 Å². The lowest BCUT2D eigenvalue weighted by Gasteiger charge is -2.30. The Balaban J connectivity index is -0.000000130. The fourth-order valence-corrected chi connectivity index (χ4v) is 4.81. The average Bonchev–Trinajstić information content (AvgIpc) is 3.38. The van der Waals surface area contributed by atoms with Gasteiger partial charge in [-0.3, -0.25) is 0 Å². The maximum atomic E-state index is 5.45. The SMILES string of the molecule is CCCC(OC)(OCC)OCC.CCCC(OC)OC.CCCOC(CC)OCC.CCCOCCC.CCOC.CCOC(CC)OC.CCOC(OCC)c1ccccc1.COC(OC)OC. The maximum Gasteiger partial charge on any atom is 0.282 e. The molecule has 0 aromatic heterocycles. The van der Waals surface area contributed by atoms with Crippen molar-refractivity contribution in [1.82, 2.24) is 0 Å². The molecule has 0 spiro atoms. The van der Waals surface area contributed by atoms with Gasteiger partial charge in [0.15, 0.2) is 25.2 Å². The lowest BCUT2D eigenvalue weighted by atomic mass is 10.2. The van der Waals surface area contributed by atoms with Crippen molar-refractivity contribution in [2.75, 3.05) is 123 Å². The van der Waals surface area contributed by atoms with Crippen molar-refractivity contribution in [2.24, 2.45) is 0 Å². The molecule has 1 aromatic rings. The summed E-state index contributed by atoms with van der Waals surface area (Å²) >= 11 is 0. The molecule has 16 nitrogen and oxygen atoms in total. The molecule has 1 rings (SSSR count). The lowest BCUT2D eigenvalue weighted by molar-refractivity contribution is -0.371. The van der Waals surface area contributed by atoms with Gasteiger partial charge in [0.2, 0.25) is 0 Å². The van der Waals surface area contributed by atoms with Crippen LogP contribution in [0.25, 0.3) is 0 Å². The second kappa shape index (κ2) is 73.1. The molecule has 0 aliphatic heterocycles. The number of rotatable bonds is 34. The maximum absolute atomic E-state index is 5.45. The molecule has 2 atom stereocenters. The minimum absolute atomic E-state index is 0.000000000000000444. The van der Waals surface area contributed by atoms with Gasteiger partial charge in [-0.15, -0.1) is 0 Å². The molecular formula is C53H114O16. The first kappa shape index (κ1) is 81.6. The summed E-state index contributed by atoms with van der Waals surface area (Å²) in [6.07, 6.45) is 8.83. The fourth-order valence-electron chi connectivity index (χ4n) is 4.81. The molecule has 69 heavy (non-hydrogen) atoms. The Morgan fingerprint density at radius 3 is 1.07 bits per heavy atom. The third kappa shape index (κ3) is 64.6. The molecule has 0 amide bonds. The Morgan fingerprint density at radius 1 is 0.406 bits per heavy atom. The summed E-state index contributed by atoms with van der Waals surface area (Å²) in [5.41, 5.74) is 1.08. The van der Waals surface area contributed by atoms with Crippen LogP contribution in [-0.4, -0.2) is 154 Å². The summed E-state index contributed by atoms with van der Waals surface area (Å²) in [7, 11) is 12.8. The standard InChI is InChI=1S/C11H16O2.C9H20O3.C8H18O2.2C6H14O2.C6H14O.C4H10O3.C3H8O/c1-3-12-11(13-4-2)10-8-6-5-7-9-10;1-5-8-9(10-4,11-6-2)12-7-3;1-4-7-10-8(5-2)9-6-3;1-4-5-6(7-2)8-3;1-4-6(7-3)8-5-2;1-3-5-7-6-4-2;1-5-4(6-2)7-3;1-3-4-2/h5-9,11H,3-4H2,1-2H3;5-8H2,1-4H3;8H,4-7H2,1-3H3;2*6H,4-5H2,1-3H3;3-6H2,1-2H3;4H,1-3H3;3H2,1-2H3. The van der Waals surface area contributed by atoms with E-state index in [0.717, 1.165) is 103 Å². The van der Waals surface area contributed by atoms with Gasteiger partial charge in [-0.2, -0.15) is 0 Å². The number of benzene rings is 1. The average molecular weight is 1010 g/mol. The molecule has 422 valence electrons. The molecule has 0 aliphatic rings. The van der Waals surface area contributed by atoms with Crippen LogP contribution in [0, 0.1) is 0 Å². The molecular weight excluding hydrogens is 893 g/mol. The second-order valence-corrected chi connectivity index (χ2v) is 13.7. The fraction of sp³-hybridized carbons (Fsp3) is 0.887. The van der Waals surface area contributed by atoms with Crippen LogP contribution in [0.3, 0.4) is 0 Å². The highest BCUT2D eigenvalue weighted by atomic mass is 16.9. The van der Waals surface area contributed by atoms with E-state index in [0.29, 0.717) is 26.4 Å². The smallest absolute Gasteiger partial charge is 0.282 e. The first-order valence-electron chi connectivity index (χ1n) is 25.5. The minimum atomic E-state index is -0.807. The molecule has 0 heterocycles. The Labute approximate surface area is 425 Å². The monoisotopic (exact) mass is 1010 g/mol. The first-order chi connectivity index (χ1) is 33.3. The third-order valence-electron chi connectivity index (χ3n) is 8.06. The molecule has 16 heteroatoms. The van der Waals surface area contributed by atoms with Crippen molar-refractivity contribution in [3.05, 3.63) is 35.9 Å². The molecule has 2 unspecified atom stereocenters. The zero-order chi connectivity index (χ0) is 54.2. The van der Waals surface area contributed by atoms with Gasteiger partial charge in [-0.1, -0.05) is 85.2 Å². The Kier molecular flexibility index (Phi) is 86.5. The van der Waals surface area contributed by atoms with Gasteiger partial charge in [-0.05, 0) is 93.4 Å². The van der Waals surface area contributed by atoms with Crippen molar-refractivity contribution in [3.63, 3.8) is 0 Å². The predicted octanol–water partition coefficient (Wildman–Crippen LogP) is 12.6. The molecule has 0 radical (unpaired) electrons. The molecule has 0 saturated heterocycles. The van der Waals surface area contributed by atoms with Gasteiger partial charge in [0.25, 0.3) is 12.4 Å². The van der Waals surface area contributed by atoms with Gasteiger partial charge < -0.3 is 75.8 Å². The summed E-state index contributed by atoms with van der Waals surface area (Å²) in [6.45, 7) is 35.3. The molecule has 0 saturated carbocycles. The van der Waals surface area contributed by atoms with Crippen LogP contribution >= 0.6 is 0 Å². The normalized spacial score (nSPS) is 11.3. The third-order valence-corrected chi connectivity index (χ3v) is 8.06. The van der Waals surface area contributed by atoms with Crippen molar-refractivity contribution in [1.29, 1.82) is 0 Å². The highest BCUT2D eigenvalue weighted by Gasteiger charge is 2.29. The number of ether oxygens (including phenoxy) is 16. The summed E-state index contributed by atoms with van der Waals surface area (Å²) in [6, 6.07) is 9.98. The molecule has 0 fully saturated rings. The van der Waals surface area contributed by atoms with Crippen molar-refractivity contribution in [2.45, 2.75) is 192 Å². The van der Waals surface area contributed by atoms with E-state index < -0.39 is 12.4 Å². The molecule has 0 aliphatic carbocycles. The van der Waals surface area contributed by atoms with Gasteiger partial charge in [-0.25, -0.2) is 0 Å². The number of methoxy groups -OCH3 is 8. The second-order valence-electron chi connectivity index (χ2n) is 13.7. The summed E-state index contributed by atoms with van der Waals surface area (Å²) in [4.78, 5) is 0. The Hall–Kier alpha value is -1.42. The Bertz CT molecular complexity index is 893. The van der Waals surface area contributed by atoms with E-state index in [1.807, 2.05) is 85.7 Å². The van der Waals surface area contributed by atoms with Crippen LogP contribution in [0.1, 0.15) is 167 Å². The summed E-state index contributed by atoms with van der Waals surface area (Å²) in [5.74, 6) is -0.807. The Morgan fingerprint density at radius 2 is 0.826 bits per heavy atom. The van der Waals surface area contributed by atoms with Gasteiger partial charge in [0.05, 0.1) is 0 Å². The van der Waals surface area contributed by atoms with E-state index in [9.17, 15) is 0 Å². The molecule has 1 aromatic carbocycles. The van der Waals surface area contributed by atoms with Crippen LogP contribution < -0.4 is 0 Å². The van der Waals surface area contributed by atoms with Gasteiger partial charge in [0, 0.05) is 135 Å². The highest BCUT2D eigenvalue weighted by molar-refractivity contribution is 5.15. The van der Waals surface area contributed by atoms with E-state index in [-0.39, 0.29) is 25.2 Å². The summed E-state index contributed by atoms with van der Waals surface area (Å²) < 4.78 is 80.9. The number of hydrogen-bond donors (Lipinski definition) is 0. The zero-order valence-electron chi connectivity index (χ0n) is 48.7. The number of hydrogen-bond acceptors (Lipinski definition) is 16.